The van der Waals surface area contributed by atoms with Crippen LogP contribution >= 0.6 is 11.8 Å². The van der Waals surface area contributed by atoms with Gasteiger partial charge in [-0.2, -0.15) is 13.2 Å². The van der Waals surface area contributed by atoms with Gasteiger partial charge in [0.25, 0.3) is 0 Å². The van der Waals surface area contributed by atoms with E-state index in [0.717, 1.165) is 17.8 Å². The lowest BCUT2D eigenvalue weighted by Crippen LogP contribution is -2.18. The predicted octanol–water partition coefficient (Wildman–Crippen LogP) is 4.93. The van der Waals surface area contributed by atoms with Gasteiger partial charge in [-0.3, -0.25) is 9.36 Å². The number of hydrogen-bond acceptors (Lipinski definition) is 5. The highest BCUT2D eigenvalue weighted by molar-refractivity contribution is 7.99. The molecule has 2 aromatic carbocycles. The van der Waals surface area contributed by atoms with Gasteiger partial charge in [0.1, 0.15) is 18.2 Å². The third-order valence-corrected chi connectivity index (χ3v) is 5.09. The topological polar surface area (TPSA) is 69.0 Å². The number of carbonyl (C=O) groups is 1. The molecule has 1 heterocycles. The van der Waals surface area contributed by atoms with Gasteiger partial charge in [0.05, 0.1) is 17.0 Å². The van der Waals surface area contributed by atoms with Crippen molar-refractivity contribution in [3.63, 3.8) is 0 Å². The molecule has 0 bridgehead atoms. The largest absolute Gasteiger partial charge is 0.486 e. The molecule has 0 atom stereocenters. The van der Waals surface area contributed by atoms with Crippen molar-refractivity contribution in [2.24, 2.45) is 0 Å². The highest BCUT2D eigenvalue weighted by atomic mass is 32.2. The van der Waals surface area contributed by atoms with E-state index in [0.29, 0.717) is 23.3 Å². The second kappa shape index (κ2) is 10.3. The summed E-state index contributed by atoms with van der Waals surface area (Å²) in [5.41, 5.74) is -1.24. The number of nitrogens with zero attached hydrogens (tertiary/aromatic N) is 3. The lowest BCUT2D eigenvalue weighted by atomic mass is 10.1. The Balaban J connectivity index is 1.64. The summed E-state index contributed by atoms with van der Waals surface area (Å²) in [5, 5.41) is 10.7. The molecule has 0 unspecified atom stereocenters. The molecule has 1 amide bonds. The number of thioether (sulfide) groups is 1. The van der Waals surface area contributed by atoms with Crippen LogP contribution in [0.2, 0.25) is 0 Å². The van der Waals surface area contributed by atoms with Crippen molar-refractivity contribution >= 4 is 23.4 Å². The van der Waals surface area contributed by atoms with Gasteiger partial charge < -0.3 is 10.1 Å². The number of nitrogens with one attached hydrogen (secondary N) is 1. The summed E-state index contributed by atoms with van der Waals surface area (Å²) >= 11 is 1.02. The molecule has 0 aliphatic heterocycles. The third kappa shape index (κ3) is 6.10. The minimum atomic E-state index is -4.58. The summed E-state index contributed by atoms with van der Waals surface area (Å²) in [7, 11) is 0. The molecule has 3 rings (SSSR count). The Bertz CT molecular complexity index is 1080. The number of anilines is 1. The van der Waals surface area contributed by atoms with E-state index in [1.165, 1.54) is 42.5 Å². The van der Waals surface area contributed by atoms with E-state index in [-0.39, 0.29) is 23.9 Å². The van der Waals surface area contributed by atoms with Crippen molar-refractivity contribution in [3.8, 4) is 5.75 Å². The summed E-state index contributed by atoms with van der Waals surface area (Å²) in [5.74, 6) is -0.303. The highest BCUT2D eigenvalue weighted by Gasteiger charge is 2.33. The zero-order chi connectivity index (χ0) is 23.1. The number of hydrogen-bond donors (Lipinski definition) is 1. The van der Waals surface area contributed by atoms with Gasteiger partial charge in [-0.25, -0.2) is 4.39 Å². The first kappa shape index (κ1) is 23.3. The molecular formula is C21H18F4N4O2S. The average Bonchev–Trinajstić information content (AvgIpc) is 3.13. The monoisotopic (exact) mass is 466 g/mol. The van der Waals surface area contributed by atoms with Crippen molar-refractivity contribution in [3.05, 3.63) is 78.4 Å². The molecule has 0 saturated carbocycles. The van der Waals surface area contributed by atoms with E-state index in [2.05, 4.69) is 22.1 Å². The van der Waals surface area contributed by atoms with Gasteiger partial charge in [0.2, 0.25) is 5.91 Å². The lowest BCUT2D eigenvalue weighted by Gasteiger charge is -2.13. The number of rotatable bonds is 9. The molecule has 0 aliphatic rings. The molecule has 0 radical (unpaired) electrons. The van der Waals surface area contributed by atoms with Gasteiger partial charge in [-0.15, -0.1) is 16.8 Å². The number of allylic oxidation sites excluding steroid dienone is 1. The second-order valence-electron chi connectivity index (χ2n) is 6.42. The summed E-state index contributed by atoms with van der Waals surface area (Å²) in [6, 6.07) is 10.2. The highest BCUT2D eigenvalue weighted by Crippen LogP contribution is 2.34. The summed E-state index contributed by atoms with van der Waals surface area (Å²) < 4.78 is 59.5. The number of alkyl halides is 3. The van der Waals surface area contributed by atoms with E-state index < -0.39 is 17.6 Å². The number of ether oxygens (including phenoxy) is 1. The van der Waals surface area contributed by atoms with Crippen molar-refractivity contribution in [1.82, 2.24) is 14.8 Å². The van der Waals surface area contributed by atoms with Gasteiger partial charge in [-0.05, 0) is 36.4 Å². The van der Waals surface area contributed by atoms with Crippen LogP contribution in [0.3, 0.4) is 0 Å². The van der Waals surface area contributed by atoms with E-state index in [1.807, 2.05) is 0 Å². The first-order chi connectivity index (χ1) is 15.3. The first-order valence-electron chi connectivity index (χ1n) is 9.28. The quantitative estimate of drug-likeness (QED) is 0.275. The average molecular weight is 466 g/mol. The molecule has 6 nitrogen and oxygen atoms in total. The lowest BCUT2D eigenvalue weighted by molar-refractivity contribution is -0.137. The summed E-state index contributed by atoms with van der Waals surface area (Å²) in [6.07, 6.45) is -2.98. The molecule has 0 aliphatic carbocycles. The fourth-order valence-electron chi connectivity index (χ4n) is 2.68. The Kier molecular flexibility index (Phi) is 7.52. The SMILES string of the molecule is C=CCn1c(COc2ccc(F)cc2)nnc1SCC(=O)Nc1ccccc1C(F)(F)F. The van der Waals surface area contributed by atoms with Gasteiger partial charge in [0, 0.05) is 6.54 Å². The summed E-state index contributed by atoms with van der Waals surface area (Å²) in [4.78, 5) is 12.2. The van der Waals surface area contributed by atoms with Crippen LogP contribution in [0.5, 0.6) is 5.75 Å². The van der Waals surface area contributed by atoms with Crippen LogP contribution in [0.4, 0.5) is 23.2 Å². The zero-order valence-electron chi connectivity index (χ0n) is 16.6. The first-order valence-corrected chi connectivity index (χ1v) is 10.3. The Labute approximate surface area is 185 Å². The smallest absolute Gasteiger partial charge is 0.418 e. The maximum atomic E-state index is 13.1. The standard InChI is InChI=1S/C21H18F4N4O2S/c1-2-11-29-18(12-31-15-9-7-14(22)8-10-15)27-28-20(29)32-13-19(30)26-17-6-4-3-5-16(17)21(23,24)25/h2-10H,1,11-13H2,(H,26,30). The van der Waals surface area contributed by atoms with Crippen molar-refractivity contribution in [2.75, 3.05) is 11.1 Å². The minimum Gasteiger partial charge on any atom is -0.486 e. The van der Waals surface area contributed by atoms with E-state index in [4.69, 9.17) is 4.74 Å². The van der Waals surface area contributed by atoms with Gasteiger partial charge in [-0.1, -0.05) is 30.0 Å². The number of halogens is 4. The molecule has 3 aromatic rings. The summed E-state index contributed by atoms with van der Waals surface area (Å²) in [6.45, 7) is 4.04. The van der Waals surface area contributed by atoms with Crippen molar-refractivity contribution < 1.29 is 27.1 Å². The van der Waals surface area contributed by atoms with Crippen LogP contribution in [0.25, 0.3) is 0 Å². The van der Waals surface area contributed by atoms with Crippen molar-refractivity contribution in [1.29, 1.82) is 0 Å². The second-order valence-corrected chi connectivity index (χ2v) is 7.36. The van der Waals surface area contributed by atoms with Crippen LogP contribution in [0.15, 0.2) is 66.3 Å². The molecule has 11 heteroatoms. The molecule has 0 saturated heterocycles. The Morgan fingerprint density at radius 3 is 2.56 bits per heavy atom. The minimum absolute atomic E-state index is 0.0399. The maximum Gasteiger partial charge on any atom is 0.418 e. The van der Waals surface area contributed by atoms with Gasteiger partial charge >= 0.3 is 6.18 Å². The van der Waals surface area contributed by atoms with Crippen LogP contribution in [0, 0.1) is 5.82 Å². The number of carbonyl (C=O) groups excluding carboxylic acids is 1. The Morgan fingerprint density at radius 1 is 1.16 bits per heavy atom. The number of aromatic nitrogens is 3. The molecule has 1 N–H and O–H groups in total. The molecule has 1 aromatic heterocycles. The van der Waals surface area contributed by atoms with E-state index in [9.17, 15) is 22.4 Å². The molecular weight excluding hydrogens is 448 g/mol. The number of benzene rings is 2. The number of amides is 1. The van der Waals surface area contributed by atoms with Crippen LogP contribution in [0.1, 0.15) is 11.4 Å². The van der Waals surface area contributed by atoms with E-state index >= 15 is 0 Å². The molecule has 0 fully saturated rings. The maximum absolute atomic E-state index is 13.1. The molecule has 0 spiro atoms. The van der Waals surface area contributed by atoms with Crippen LogP contribution < -0.4 is 10.1 Å². The Hall–Kier alpha value is -3.34. The van der Waals surface area contributed by atoms with Crippen LogP contribution in [-0.4, -0.2) is 26.4 Å². The molecule has 168 valence electrons. The number of para-hydroxylation sites is 1. The van der Waals surface area contributed by atoms with E-state index in [1.54, 1.807) is 10.6 Å². The fraction of sp³-hybridized carbons (Fsp3) is 0.190. The fourth-order valence-corrected chi connectivity index (χ4v) is 3.45. The third-order valence-electron chi connectivity index (χ3n) is 4.13. The Morgan fingerprint density at radius 2 is 1.88 bits per heavy atom. The predicted molar refractivity (Wildman–Crippen MR) is 112 cm³/mol. The normalized spacial score (nSPS) is 11.2. The van der Waals surface area contributed by atoms with Crippen LogP contribution in [-0.2, 0) is 24.1 Å². The zero-order valence-corrected chi connectivity index (χ0v) is 17.4. The molecule has 32 heavy (non-hydrogen) atoms. The van der Waals surface area contributed by atoms with Gasteiger partial charge in [0.15, 0.2) is 11.0 Å². The van der Waals surface area contributed by atoms with Crippen molar-refractivity contribution in [2.45, 2.75) is 24.5 Å².